The molecule has 6 nitrogen and oxygen atoms in total. The van der Waals surface area contributed by atoms with Crippen molar-refractivity contribution >= 4 is 11.7 Å². The number of carbonyl (C=O) groups is 1. The van der Waals surface area contributed by atoms with Crippen molar-refractivity contribution < 1.29 is 4.79 Å². The van der Waals surface area contributed by atoms with Crippen LogP contribution in [0.1, 0.15) is 60.8 Å². The fourth-order valence-corrected chi connectivity index (χ4v) is 3.40. The number of rotatable bonds is 4. The minimum atomic E-state index is -0.0376. The van der Waals surface area contributed by atoms with Crippen LogP contribution in [0.4, 0.5) is 5.82 Å². The van der Waals surface area contributed by atoms with Crippen molar-refractivity contribution in [2.24, 2.45) is 5.73 Å². The van der Waals surface area contributed by atoms with Gasteiger partial charge in [-0.2, -0.15) is 0 Å². The summed E-state index contributed by atoms with van der Waals surface area (Å²) in [6, 6.07) is 8.79. The predicted molar refractivity (Wildman–Crippen MR) is 112 cm³/mol. The number of hydrogen-bond acceptors (Lipinski definition) is 5. The zero-order valence-electron chi connectivity index (χ0n) is 17.3. The Kier molecular flexibility index (Phi) is 5.98. The average molecular weight is 382 g/mol. The van der Waals surface area contributed by atoms with E-state index in [0.29, 0.717) is 31.1 Å². The van der Waals surface area contributed by atoms with Gasteiger partial charge < -0.3 is 16.0 Å². The third kappa shape index (κ3) is 4.68. The SMILES string of the molecule is Cc1c(NCc2ccc(C(C)(C)C)cc2)ncnc1C(=O)N1CCC(N)CC1. The predicted octanol–water partition coefficient (Wildman–Crippen LogP) is 3.26. The van der Waals surface area contributed by atoms with E-state index in [4.69, 9.17) is 5.73 Å². The molecule has 1 aromatic heterocycles. The number of aromatic nitrogens is 2. The van der Waals surface area contributed by atoms with Crippen molar-refractivity contribution in [1.82, 2.24) is 14.9 Å². The van der Waals surface area contributed by atoms with Gasteiger partial charge in [0.05, 0.1) is 0 Å². The second kappa shape index (κ2) is 8.27. The molecular formula is C22H31N5O. The third-order valence-electron chi connectivity index (χ3n) is 5.39. The summed E-state index contributed by atoms with van der Waals surface area (Å²) in [7, 11) is 0. The van der Waals surface area contributed by atoms with Gasteiger partial charge in [-0.25, -0.2) is 9.97 Å². The first kappa shape index (κ1) is 20.3. The molecule has 6 heteroatoms. The molecule has 0 aliphatic carbocycles. The molecule has 1 aliphatic rings. The molecule has 1 saturated heterocycles. The van der Waals surface area contributed by atoms with Gasteiger partial charge in [0.15, 0.2) is 0 Å². The molecule has 3 rings (SSSR count). The molecular weight excluding hydrogens is 350 g/mol. The lowest BCUT2D eigenvalue weighted by Crippen LogP contribution is -2.43. The normalized spacial score (nSPS) is 15.5. The molecule has 1 aromatic carbocycles. The highest BCUT2D eigenvalue weighted by Crippen LogP contribution is 2.23. The molecule has 0 bridgehead atoms. The van der Waals surface area contributed by atoms with E-state index in [1.54, 1.807) is 0 Å². The molecule has 0 unspecified atom stereocenters. The van der Waals surface area contributed by atoms with E-state index in [1.807, 2.05) is 11.8 Å². The van der Waals surface area contributed by atoms with Crippen LogP contribution in [0.25, 0.3) is 0 Å². The van der Waals surface area contributed by atoms with E-state index in [0.717, 1.165) is 18.4 Å². The fraction of sp³-hybridized carbons (Fsp3) is 0.500. The smallest absolute Gasteiger partial charge is 0.272 e. The second-order valence-electron chi connectivity index (χ2n) is 8.63. The number of nitrogens with two attached hydrogens (primary N) is 1. The molecule has 2 aromatic rings. The van der Waals surface area contributed by atoms with Crippen LogP contribution in [-0.4, -0.2) is 39.9 Å². The molecule has 0 atom stereocenters. The largest absolute Gasteiger partial charge is 0.366 e. The average Bonchev–Trinajstić information content (AvgIpc) is 2.67. The molecule has 0 spiro atoms. The van der Waals surface area contributed by atoms with Crippen LogP contribution in [0.15, 0.2) is 30.6 Å². The van der Waals surface area contributed by atoms with Gasteiger partial charge in [0.25, 0.3) is 5.91 Å². The highest BCUT2D eigenvalue weighted by atomic mass is 16.2. The summed E-state index contributed by atoms with van der Waals surface area (Å²) in [4.78, 5) is 23.3. The molecule has 150 valence electrons. The minimum absolute atomic E-state index is 0.0376. The molecule has 1 fully saturated rings. The van der Waals surface area contributed by atoms with Crippen molar-refractivity contribution in [3.8, 4) is 0 Å². The van der Waals surface area contributed by atoms with Crippen molar-refractivity contribution in [2.75, 3.05) is 18.4 Å². The summed E-state index contributed by atoms with van der Waals surface area (Å²) < 4.78 is 0. The van der Waals surface area contributed by atoms with Crippen molar-refractivity contribution in [3.63, 3.8) is 0 Å². The van der Waals surface area contributed by atoms with Crippen LogP contribution in [-0.2, 0) is 12.0 Å². The van der Waals surface area contributed by atoms with Gasteiger partial charge in [-0.1, -0.05) is 45.0 Å². The van der Waals surface area contributed by atoms with Crippen LogP contribution in [0.2, 0.25) is 0 Å². The van der Waals surface area contributed by atoms with E-state index in [2.05, 4.69) is 60.3 Å². The maximum absolute atomic E-state index is 12.9. The summed E-state index contributed by atoms with van der Waals surface area (Å²) in [5.41, 5.74) is 9.82. The highest BCUT2D eigenvalue weighted by molar-refractivity contribution is 5.94. The van der Waals surface area contributed by atoms with Crippen molar-refractivity contribution in [3.05, 3.63) is 53.0 Å². The zero-order valence-corrected chi connectivity index (χ0v) is 17.3. The van der Waals surface area contributed by atoms with Crippen LogP contribution < -0.4 is 11.1 Å². The van der Waals surface area contributed by atoms with Crippen LogP contribution in [0.3, 0.4) is 0 Å². The molecule has 0 saturated carbocycles. The maximum atomic E-state index is 12.9. The molecule has 2 heterocycles. The van der Waals surface area contributed by atoms with Crippen LogP contribution in [0.5, 0.6) is 0 Å². The molecule has 3 N–H and O–H groups in total. The minimum Gasteiger partial charge on any atom is -0.366 e. The first-order chi connectivity index (χ1) is 13.3. The molecule has 1 aliphatic heterocycles. The monoisotopic (exact) mass is 381 g/mol. The number of anilines is 1. The Labute approximate surface area is 167 Å². The highest BCUT2D eigenvalue weighted by Gasteiger charge is 2.24. The van der Waals surface area contributed by atoms with Crippen LogP contribution in [0, 0.1) is 6.92 Å². The molecule has 0 radical (unpaired) electrons. The number of carbonyl (C=O) groups excluding carboxylic acids is 1. The number of nitrogens with one attached hydrogen (secondary N) is 1. The Hall–Kier alpha value is -2.47. The second-order valence-corrected chi connectivity index (χ2v) is 8.63. The lowest BCUT2D eigenvalue weighted by Gasteiger charge is -2.30. The fourth-order valence-electron chi connectivity index (χ4n) is 3.40. The summed E-state index contributed by atoms with van der Waals surface area (Å²) in [5.74, 6) is 0.663. The summed E-state index contributed by atoms with van der Waals surface area (Å²) in [6.45, 7) is 10.5. The molecule has 28 heavy (non-hydrogen) atoms. The van der Waals surface area contributed by atoms with Gasteiger partial charge in [0.2, 0.25) is 0 Å². The first-order valence-electron chi connectivity index (χ1n) is 9.95. The van der Waals surface area contributed by atoms with Crippen LogP contribution >= 0.6 is 0 Å². The summed E-state index contributed by atoms with van der Waals surface area (Å²) in [5, 5.41) is 3.35. The summed E-state index contributed by atoms with van der Waals surface area (Å²) >= 11 is 0. The Bertz CT molecular complexity index is 818. The summed E-state index contributed by atoms with van der Waals surface area (Å²) in [6.07, 6.45) is 3.14. The Balaban J connectivity index is 1.68. The molecule has 1 amide bonds. The van der Waals surface area contributed by atoms with E-state index >= 15 is 0 Å². The third-order valence-corrected chi connectivity index (χ3v) is 5.39. The lowest BCUT2D eigenvalue weighted by molar-refractivity contribution is 0.0708. The number of hydrogen-bond donors (Lipinski definition) is 2. The standard InChI is InChI=1S/C22H31N5O/c1-15-19(21(28)27-11-9-18(23)10-12-27)25-14-26-20(15)24-13-16-5-7-17(8-6-16)22(2,3)4/h5-8,14,18H,9-13,23H2,1-4H3,(H,24,25,26). The van der Waals surface area contributed by atoms with Crippen molar-refractivity contribution in [1.29, 1.82) is 0 Å². The lowest BCUT2D eigenvalue weighted by atomic mass is 9.87. The number of likely N-dealkylation sites (tertiary alicyclic amines) is 1. The van der Waals surface area contributed by atoms with E-state index < -0.39 is 0 Å². The Morgan fingerprint density at radius 1 is 1.18 bits per heavy atom. The van der Waals surface area contributed by atoms with E-state index in [-0.39, 0.29) is 17.4 Å². The number of piperidine rings is 1. The number of amides is 1. The number of benzene rings is 1. The van der Waals surface area contributed by atoms with Gasteiger partial charge in [-0.3, -0.25) is 4.79 Å². The zero-order chi connectivity index (χ0) is 20.3. The van der Waals surface area contributed by atoms with Gasteiger partial charge in [-0.15, -0.1) is 0 Å². The topological polar surface area (TPSA) is 84.1 Å². The van der Waals surface area contributed by atoms with Crippen molar-refractivity contribution in [2.45, 2.75) is 58.5 Å². The first-order valence-corrected chi connectivity index (χ1v) is 9.95. The number of nitrogens with zero attached hydrogens (tertiary/aromatic N) is 3. The maximum Gasteiger partial charge on any atom is 0.272 e. The van der Waals surface area contributed by atoms with E-state index in [1.165, 1.54) is 17.5 Å². The van der Waals surface area contributed by atoms with E-state index in [9.17, 15) is 4.79 Å². The Morgan fingerprint density at radius 3 is 2.43 bits per heavy atom. The Morgan fingerprint density at radius 2 is 1.82 bits per heavy atom. The van der Waals surface area contributed by atoms with Gasteiger partial charge in [-0.05, 0) is 36.3 Å². The quantitative estimate of drug-likeness (QED) is 0.849. The van der Waals surface area contributed by atoms with Gasteiger partial charge >= 0.3 is 0 Å². The van der Waals surface area contributed by atoms with Gasteiger partial charge in [0, 0.05) is 31.2 Å². The van der Waals surface area contributed by atoms with Gasteiger partial charge in [0.1, 0.15) is 17.8 Å².